The second-order valence-corrected chi connectivity index (χ2v) is 19.3. The molecular weight excluding hydrogens is 779 g/mol. The number of aliphatic hydroxyl groups excluding tert-OH is 4. The maximum Gasteiger partial charge on any atom is 0.249 e. The van der Waals surface area contributed by atoms with E-state index in [1.807, 2.05) is 0 Å². The molecule has 0 aliphatic heterocycles. The van der Waals surface area contributed by atoms with Gasteiger partial charge in [0.15, 0.2) is 0 Å². The Kier molecular flexibility index (Phi) is 50.3. The summed E-state index contributed by atoms with van der Waals surface area (Å²) < 4.78 is 0. The molecule has 0 heterocycles. The molecule has 63 heavy (non-hydrogen) atoms. The molecule has 6 heteroatoms. The van der Waals surface area contributed by atoms with Crippen LogP contribution >= 0.6 is 0 Å². The van der Waals surface area contributed by atoms with Crippen molar-refractivity contribution in [1.82, 2.24) is 5.32 Å². The van der Waals surface area contributed by atoms with Crippen LogP contribution in [-0.4, -0.2) is 57.3 Å². The molecular formula is C57H109NO5. The molecule has 0 aromatic heterocycles. The first kappa shape index (κ1) is 61.5. The van der Waals surface area contributed by atoms with Crippen LogP contribution in [0.4, 0.5) is 0 Å². The van der Waals surface area contributed by atoms with Gasteiger partial charge in [-0.1, -0.05) is 249 Å². The Balaban J connectivity index is 3.65. The SMILES string of the molecule is CCCCCCCCCCC/C=C/CC/C=C/CCCC(O)C(O)C(CO)NC(=O)C(O)CCCCCCCCCCCCCCC/C=C\CCCCCCCCCCCCCC. The number of nitrogens with one attached hydrogen (secondary N) is 1. The number of hydrogen-bond acceptors (Lipinski definition) is 5. The Labute approximate surface area is 392 Å². The summed E-state index contributed by atoms with van der Waals surface area (Å²) in [5, 5.41) is 43.9. The van der Waals surface area contributed by atoms with E-state index in [2.05, 4.69) is 55.6 Å². The average Bonchev–Trinajstić information content (AvgIpc) is 3.29. The maximum atomic E-state index is 12.6. The zero-order valence-corrected chi connectivity index (χ0v) is 42.1. The van der Waals surface area contributed by atoms with E-state index in [1.54, 1.807) is 0 Å². The van der Waals surface area contributed by atoms with Gasteiger partial charge in [0.25, 0.3) is 0 Å². The molecule has 4 atom stereocenters. The first-order valence-electron chi connectivity index (χ1n) is 27.9. The van der Waals surface area contributed by atoms with Crippen LogP contribution in [0.2, 0.25) is 0 Å². The standard InChI is InChI=1S/C57H109NO5/c1-3-5-7-9-11-13-15-17-19-21-23-24-25-26-27-28-29-30-31-32-33-35-37-39-41-43-45-47-49-51-55(61)57(63)58-53(52-59)56(62)54(60)50-48-46-44-42-40-38-36-34-22-20-18-16-14-12-10-8-6-4-2/h26-27,34,36,42,44,53-56,59-62H,3-25,28-33,35,37-41,43,45-52H2,1-2H3,(H,58,63)/b27-26-,36-34+,44-42+. The fourth-order valence-corrected chi connectivity index (χ4v) is 8.65. The summed E-state index contributed by atoms with van der Waals surface area (Å²) in [5.41, 5.74) is 0. The smallest absolute Gasteiger partial charge is 0.249 e. The van der Waals surface area contributed by atoms with Crippen molar-refractivity contribution < 1.29 is 25.2 Å². The Morgan fingerprint density at radius 2 is 0.667 bits per heavy atom. The van der Waals surface area contributed by atoms with Crippen LogP contribution in [0, 0.1) is 0 Å². The molecule has 5 N–H and O–H groups in total. The molecule has 0 radical (unpaired) electrons. The van der Waals surface area contributed by atoms with E-state index in [4.69, 9.17) is 0 Å². The summed E-state index contributed by atoms with van der Waals surface area (Å²) in [7, 11) is 0. The van der Waals surface area contributed by atoms with Crippen molar-refractivity contribution in [3.63, 3.8) is 0 Å². The Hall–Kier alpha value is -1.47. The van der Waals surface area contributed by atoms with Gasteiger partial charge in [0, 0.05) is 0 Å². The predicted molar refractivity (Wildman–Crippen MR) is 274 cm³/mol. The van der Waals surface area contributed by atoms with Crippen molar-refractivity contribution >= 4 is 5.91 Å². The number of rotatable bonds is 51. The van der Waals surface area contributed by atoms with Crippen LogP contribution in [0.3, 0.4) is 0 Å². The largest absolute Gasteiger partial charge is 0.394 e. The van der Waals surface area contributed by atoms with Gasteiger partial charge in [-0.25, -0.2) is 0 Å². The number of carbonyl (C=O) groups excluding carboxylic acids is 1. The molecule has 0 rings (SSSR count). The molecule has 6 nitrogen and oxygen atoms in total. The van der Waals surface area contributed by atoms with Crippen molar-refractivity contribution in [1.29, 1.82) is 0 Å². The molecule has 4 unspecified atom stereocenters. The van der Waals surface area contributed by atoms with Gasteiger partial charge in [0.05, 0.1) is 18.8 Å². The van der Waals surface area contributed by atoms with Crippen molar-refractivity contribution in [3.05, 3.63) is 36.5 Å². The fourth-order valence-electron chi connectivity index (χ4n) is 8.65. The van der Waals surface area contributed by atoms with Crippen LogP contribution in [0.5, 0.6) is 0 Å². The zero-order chi connectivity index (χ0) is 45.9. The minimum Gasteiger partial charge on any atom is -0.394 e. The minimum absolute atomic E-state index is 0.361. The van der Waals surface area contributed by atoms with Crippen molar-refractivity contribution in [3.8, 4) is 0 Å². The van der Waals surface area contributed by atoms with E-state index < -0.39 is 36.9 Å². The second kappa shape index (κ2) is 51.5. The molecule has 372 valence electrons. The lowest BCUT2D eigenvalue weighted by Gasteiger charge is -2.27. The maximum absolute atomic E-state index is 12.6. The number of carbonyl (C=O) groups is 1. The molecule has 0 fully saturated rings. The first-order valence-corrected chi connectivity index (χ1v) is 27.9. The lowest BCUT2D eigenvalue weighted by molar-refractivity contribution is -0.132. The van der Waals surface area contributed by atoms with Crippen LogP contribution in [-0.2, 0) is 4.79 Å². The average molecular weight is 889 g/mol. The summed E-state index contributed by atoms with van der Waals surface area (Å²) in [5.74, 6) is -0.595. The van der Waals surface area contributed by atoms with E-state index in [-0.39, 0.29) is 0 Å². The normalized spacial score (nSPS) is 14.1. The third kappa shape index (κ3) is 45.5. The lowest BCUT2D eigenvalue weighted by Crippen LogP contribution is -2.53. The summed E-state index contributed by atoms with van der Waals surface area (Å²) in [4.78, 5) is 12.6. The highest BCUT2D eigenvalue weighted by molar-refractivity contribution is 5.80. The van der Waals surface area contributed by atoms with Crippen LogP contribution in [0.1, 0.15) is 290 Å². The highest BCUT2D eigenvalue weighted by Crippen LogP contribution is 2.17. The minimum atomic E-state index is -1.29. The highest BCUT2D eigenvalue weighted by atomic mass is 16.3. The summed E-state index contributed by atoms with van der Waals surface area (Å²) in [6.07, 6.45) is 63.6. The third-order valence-corrected chi connectivity index (χ3v) is 13.1. The molecule has 1 amide bonds. The summed E-state index contributed by atoms with van der Waals surface area (Å²) in [6, 6.07) is -1.01. The van der Waals surface area contributed by atoms with Gasteiger partial charge >= 0.3 is 0 Å². The molecule has 0 saturated carbocycles. The monoisotopic (exact) mass is 888 g/mol. The zero-order valence-electron chi connectivity index (χ0n) is 42.1. The second-order valence-electron chi connectivity index (χ2n) is 19.3. The van der Waals surface area contributed by atoms with E-state index >= 15 is 0 Å². The fraction of sp³-hybridized carbons (Fsp3) is 0.877. The number of unbranched alkanes of at least 4 members (excludes halogenated alkanes) is 36. The number of aliphatic hydroxyl groups is 4. The van der Waals surface area contributed by atoms with Gasteiger partial charge in [-0.2, -0.15) is 0 Å². The third-order valence-electron chi connectivity index (χ3n) is 13.1. The molecule has 0 aromatic carbocycles. The Bertz CT molecular complexity index is 997. The molecule has 0 aromatic rings. The molecule has 0 spiro atoms. The van der Waals surface area contributed by atoms with Crippen molar-refractivity contribution in [2.24, 2.45) is 0 Å². The first-order chi connectivity index (χ1) is 31.0. The summed E-state index contributed by atoms with van der Waals surface area (Å²) in [6.45, 7) is 4.06. The lowest BCUT2D eigenvalue weighted by atomic mass is 10.00. The van der Waals surface area contributed by atoms with Crippen LogP contribution < -0.4 is 5.32 Å². The Morgan fingerprint density at radius 1 is 0.381 bits per heavy atom. The van der Waals surface area contributed by atoms with Gasteiger partial charge in [0.1, 0.15) is 12.2 Å². The van der Waals surface area contributed by atoms with Crippen LogP contribution in [0.25, 0.3) is 0 Å². The predicted octanol–water partition coefficient (Wildman–Crippen LogP) is 16.0. The van der Waals surface area contributed by atoms with Gasteiger partial charge in [0.2, 0.25) is 5.91 Å². The molecule has 0 aliphatic rings. The van der Waals surface area contributed by atoms with Gasteiger partial charge < -0.3 is 25.7 Å². The van der Waals surface area contributed by atoms with Gasteiger partial charge in [-0.15, -0.1) is 0 Å². The van der Waals surface area contributed by atoms with Gasteiger partial charge in [-0.3, -0.25) is 4.79 Å². The molecule has 0 aliphatic carbocycles. The van der Waals surface area contributed by atoms with E-state index in [0.29, 0.717) is 19.3 Å². The quantitative estimate of drug-likeness (QED) is 0.0309. The molecule has 0 bridgehead atoms. The number of hydrogen-bond donors (Lipinski definition) is 5. The van der Waals surface area contributed by atoms with Gasteiger partial charge in [-0.05, 0) is 77.0 Å². The van der Waals surface area contributed by atoms with E-state index in [0.717, 1.165) is 38.5 Å². The van der Waals surface area contributed by atoms with Crippen molar-refractivity contribution in [2.75, 3.05) is 6.61 Å². The highest BCUT2D eigenvalue weighted by Gasteiger charge is 2.28. The van der Waals surface area contributed by atoms with E-state index in [9.17, 15) is 25.2 Å². The number of allylic oxidation sites excluding steroid dienone is 6. The van der Waals surface area contributed by atoms with Crippen LogP contribution in [0.15, 0.2) is 36.5 Å². The number of amides is 1. The van der Waals surface area contributed by atoms with E-state index in [1.165, 1.54) is 218 Å². The summed E-state index contributed by atoms with van der Waals surface area (Å²) >= 11 is 0. The topological polar surface area (TPSA) is 110 Å². The molecule has 0 saturated heterocycles. The van der Waals surface area contributed by atoms with Crippen molar-refractivity contribution in [2.45, 2.75) is 314 Å². The Morgan fingerprint density at radius 3 is 1.00 bits per heavy atom.